The van der Waals surface area contributed by atoms with Crippen molar-refractivity contribution in [2.45, 2.75) is 44.3 Å². The zero-order chi connectivity index (χ0) is 19.6. The fourth-order valence-electron chi connectivity index (χ4n) is 4.76. The Labute approximate surface area is 165 Å². The summed E-state index contributed by atoms with van der Waals surface area (Å²) in [4.78, 5) is 17.9. The summed E-state index contributed by atoms with van der Waals surface area (Å²) >= 11 is 0. The summed E-state index contributed by atoms with van der Waals surface area (Å²) in [6.07, 6.45) is 3.80. The summed E-state index contributed by atoms with van der Waals surface area (Å²) in [6, 6.07) is 14.8. The Bertz CT molecular complexity index is 842. The van der Waals surface area contributed by atoms with Gasteiger partial charge in [-0.05, 0) is 43.9 Å². The number of hydrogen-bond acceptors (Lipinski definition) is 3. The molecule has 4 nitrogen and oxygen atoms in total. The zero-order valence-corrected chi connectivity index (χ0v) is 16.4. The van der Waals surface area contributed by atoms with Crippen LogP contribution >= 0.6 is 0 Å². The predicted octanol–water partition coefficient (Wildman–Crippen LogP) is 3.99. The lowest BCUT2D eigenvalue weighted by Crippen LogP contribution is -2.59. The number of nitrogens with zero attached hydrogens (tertiary/aromatic N) is 2. The van der Waals surface area contributed by atoms with Crippen LogP contribution in [0.5, 0.6) is 5.75 Å². The molecule has 0 aromatic heterocycles. The number of benzene rings is 2. The molecule has 2 aromatic rings. The Hall–Kier alpha value is -2.40. The lowest BCUT2D eigenvalue weighted by molar-refractivity contribution is -0.148. The first kappa shape index (κ1) is 18.9. The van der Waals surface area contributed by atoms with Crippen molar-refractivity contribution < 1.29 is 13.9 Å². The first-order valence-corrected chi connectivity index (χ1v) is 10.0. The average Bonchev–Trinajstić information content (AvgIpc) is 3.10. The van der Waals surface area contributed by atoms with Gasteiger partial charge in [0.2, 0.25) is 5.91 Å². The van der Waals surface area contributed by atoms with Gasteiger partial charge in [0.05, 0.1) is 7.11 Å². The Morgan fingerprint density at radius 2 is 1.79 bits per heavy atom. The quantitative estimate of drug-likeness (QED) is 0.784. The normalized spacial score (nSPS) is 22.8. The second kappa shape index (κ2) is 7.92. The summed E-state index contributed by atoms with van der Waals surface area (Å²) < 4.78 is 18.9. The van der Waals surface area contributed by atoms with Gasteiger partial charge in [0.25, 0.3) is 0 Å². The molecule has 2 aliphatic rings. The van der Waals surface area contributed by atoms with E-state index in [1.807, 2.05) is 23.1 Å². The van der Waals surface area contributed by atoms with Crippen LogP contribution in [0.25, 0.3) is 0 Å². The van der Waals surface area contributed by atoms with Gasteiger partial charge in [0.15, 0.2) is 0 Å². The molecule has 0 bridgehead atoms. The lowest BCUT2D eigenvalue weighted by atomic mass is 9.85. The second-order valence-corrected chi connectivity index (χ2v) is 7.83. The van der Waals surface area contributed by atoms with E-state index in [2.05, 4.69) is 17.0 Å². The zero-order valence-electron chi connectivity index (χ0n) is 16.4. The highest BCUT2D eigenvalue weighted by Gasteiger charge is 2.50. The van der Waals surface area contributed by atoms with Gasteiger partial charge in [-0.3, -0.25) is 9.69 Å². The minimum absolute atomic E-state index is 0.237. The number of carbonyl (C=O) groups excluding carboxylic acids is 1. The third-order valence-corrected chi connectivity index (χ3v) is 6.15. The number of carbonyl (C=O) groups is 1. The van der Waals surface area contributed by atoms with Crippen molar-refractivity contribution in [3.8, 4) is 5.75 Å². The van der Waals surface area contributed by atoms with E-state index in [1.54, 1.807) is 13.2 Å². The molecule has 0 aliphatic carbocycles. The van der Waals surface area contributed by atoms with Gasteiger partial charge in [-0.2, -0.15) is 0 Å². The molecule has 0 N–H and O–H groups in total. The van der Waals surface area contributed by atoms with Crippen LogP contribution in [0.2, 0.25) is 0 Å². The predicted molar refractivity (Wildman–Crippen MR) is 106 cm³/mol. The van der Waals surface area contributed by atoms with Crippen molar-refractivity contribution >= 4 is 5.91 Å². The van der Waals surface area contributed by atoms with E-state index in [1.165, 1.54) is 12.1 Å². The maximum atomic E-state index is 13.6. The number of amides is 1. The number of hydrogen-bond donors (Lipinski definition) is 0. The molecular weight excluding hydrogens is 355 g/mol. The average molecular weight is 382 g/mol. The molecule has 0 saturated carbocycles. The monoisotopic (exact) mass is 382 g/mol. The van der Waals surface area contributed by atoms with Crippen molar-refractivity contribution in [3.63, 3.8) is 0 Å². The van der Waals surface area contributed by atoms with E-state index >= 15 is 0 Å². The van der Waals surface area contributed by atoms with Crippen molar-refractivity contribution in [2.75, 3.05) is 20.2 Å². The largest absolute Gasteiger partial charge is 0.496 e. The number of piperidine rings is 1. The van der Waals surface area contributed by atoms with Gasteiger partial charge in [-0.1, -0.05) is 36.4 Å². The van der Waals surface area contributed by atoms with Crippen LogP contribution in [0.3, 0.4) is 0 Å². The Morgan fingerprint density at radius 1 is 1.04 bits per heavy atom. The molecule has 5 heteroatoms. The minimum atomic E-state index is -0.438. The maximum Gasteiger partial charge on any atom is 0.243 e. The summed E-state index contributed by atoms with van der Waals surface area (Å²) in [5.41, 5.74) is 1.66. The van der Waals surface area contributed by atoms with E-state index in [9.17, 15) is 9.18 Å². The van der Waals surface area contributed by atoms with E-state index < -0.39 is 5.54 Å². The van der Waals surface area contributed by atoms with Crippen LogP contribution < -0.4 is 4.74 Å². The van der Waals surface area contributed by atoms with Crippen molar-refractivity contribution in [1.82, 2.24) is 9.80 Å². The van der Waals surface area contributed by atoms with Crippen molar-refractivity contribution in [1.29, 1.82) is 0 Å². The summed E-state index contributed by atoms with van der Waals surface area (Å²) in [7, 11) is 1.56. The van der Waals surface area contributed by atoms with Crippen molar-refractivity contribution in [3.05, 3.63) is 65.5 Å². The summed E-state index contributed by atoms with van der Waals surface area (Å²) in [5.74, 6) is 0.479. The van der Waals surface area contributed by atoms with Gasteiger partial charge in [-0.15, -0.1) is 0 Å². The fourth-order valence-corrected chi connectivity index (χ4v) is 4.76. The topological polar surface area (TPSA) is 32.8 Å². The number of halogens is 1. The highest BCUT2D eigenvalue weighted by atomic mass is 19.1. The molecule has 1 spiro atoms. The smallest absolute Gasteiger partial charge is 0.243 e. The molecular formula is C23H27FN2O2. The van der Waals surface area contributed by atoms with Crippen LogP contribution in [0.1, 0.15) is 36.8 Å². The molecule has 2 aromatic carbocycles. The van der Waals surface area contributed by atoms with E-state index in [0.717, 1.165) is 49.9 Å². The molecule has 1 unspecified atom stereocenters. The van der Waals surface area contributed by atoms with Gasteiger partial charge in [0, 0.05) is 31.3 Å². The van der Waals surface area contributed by atoms with Crippen LogP contribution in [0, 0.1) is 5.82 Å². The minimum Gasteiger partial charge on any atom is -0.496 e. The molecule has 28 heavy (non-hydrogen) atoms. The first-order valence-electron chi connectivity index (χ1n) is 10.0. The SMILES string of the molecule is COc1cc(F)ccc1CN1CCCC12CCCN(Cc1ccccc1)C2=O. The van der Waals surface area contributed by atoms with Gasteiger partial charge >= 0.3 is 0 Å². The molecule has 148 valence electrons. The van der Waals surface area contributed by atoms with Crippen LogP contribution in [-0.4, -0.2) is 41.4 Å². The Kier molecular flexibility index (Phi) is 5.36. The Morgan fingerprint density at radius 3 is 2.54 bits per heavy atom. The standard InChI is InChI=1S/C23H27FN2O2/c1-28-21-15-20(24)10-9-19(21)17-26-14-6-12-23(26)11-5-13-25(22(23)27)16-18-7-3-2-4-8-18/h2-4,7-10,15H,5-6,11-14,16-17H2,1H3. The Balaban J connectivity index is 1.56. The van der Waals surface area contributed by atoms with Crippen molar-refractivity contribution in [2.24, 2.45) is 0 Å². The molecule has 2 saturated heterocycles. The summed E-state index contributed by atoms with van der Waals surface area (Å²) in [6.45, 7) is 2.96. The maximum absolute atomic E-state index is 13.6. The molecule has 4 rings (SSSR count). The molecule has 2 aliphatic heterocycles. The molecule has 2 heterocycles. The van der Waals surface area contributed by atoms with E-state index in [0.29, 0.717) is 18.8 Å². The fraction of sp³-hybridized carbons (Fsp3) is 0.435. The molecule has 1 atom stereocenters. The third kappa shape index (κ3) is 3.51. The number of ether oxygens (including phenoxy) is 1. The van der Waals surface area contributed by atoms with E-state index in [-0.39, 0.29) is 11.7 Å². The van der Waals surface area contributed by atoms with Crippen LogP contribution in [0.4, 0.5) is 4.39 Å². The molecule has 1 amide bonds. The summed E-state index contributed by atoms with van der Waals surface area (Å²) in [5, 5.41) is 0. The van der Waals surface area contributed by atoms with Gasteiger partial charge in [0.1, 0.15) is 17.1 Å². The number of likely N-dealkylation sites (tertiary alicyclic amines) is 2. The molecule has 0 radical (unpaired) electrons. The first-order chi connectivity index (χ1) is 13.6. The van der Waals surface area contributed by atoms with Crippen LogP contribution in [-0.2, 0) is 17.9 Å². The second-order valence-electron chi connectivity index (χ2n) is 7.83. The third-order valence-electron chi connectivity index (χ3n) is 6.15. The van der Waals surface area contributed by atoms with Crippen LogP contribution in [0.15, 0.2) is 48.5 Å². The molecule has 2 fully saturated rings. The lowest BCUT2D eigenvalue weighted by Gasteiger charge is -2.45. The highest BCUT2D eigenvalue weighted by molar-refractivity contribution is 5.87. The van der Waals surface area contributed by atoms with Gasteiger partial charge < -0.3 is 9.64 Å². The van der Waals surface area contributed by atoms with Gasteiger partial charge in [-0.25, -0.2) is 4.39 Å². The number of methoxy groups -OCH3 is 1. The van der Waals surface area contributed by atoms with E-state index in [4.69, 9.17) is 4.74 Å². The highest BCUT2D eigenvalue weighted by Crippen LogP contribution is 2.40. The number of rotatable bonds is 5.